The fraction of sp³-hybridized carbons (Fsp3) is 0.583. The van der Waals surface area contributed by atoms with Gasteiger partial charge in [0.1, 0.15) is 17.3 Å². The van der Waals surface area contributed by atoms with Crippen molar-refractivity contribution in [2.75, 3.05) is 12.8 Å². The van der Waals surface area contributed by atoms with Crippen LogP contribution in [0.1, 0.15) is 25.4 Å². The van der Waals surface area contributed by atoms with Gasteiger partial charge in [0.2, 0.25) is 5.91 Å². The molecule has 1 rings (SSSR count). The fourth-order valence-corrected chi connectivity index (χ4v) is 2.44. The second kappa shape index (κ2) is 7.33. The molecule has 6 heteroatoms. The summed E-state index contributed by atoms with van der Waals surface area (Å²) in [5.41, 5.74) is 0. The number of hydrogen-bond acceptors (Lipinski definition) is 4. The molecule has 5 nitrogen and oxygen atoms in total. The Bertz CT molecular complexity index is 415. The van der Waals surface area contributed by atoms with Crippen molar-refractivity contribution in [1.29, 1.82) is 0 Å². The van der Waals surface area contributed by atoms with Gasteiger partial charge in [-0.25, -0.2) is 0 Å². The van der Waals surface area contributed by atoms with Crippen molar-refractivity contribution < 1.29 is 13.4 Å². The summed E-state index contributed by atoms with van der Waals surface area (Å²) < 4.78 is 17.2. The normalized spacial score (nSPS) is 12.7. The van der Waals surface area contributed by atoms with E-state index in [2.05, 4.69) is 10.6 Å². The van der Waals surface area contributed by atoms with Gasteiger partial charge in [0.15, 0.2) is 0 Å². The van der Waals surface area contributed by atoms with Crippen LogP contribution >= 0.6 is 0 Å². The Morgan fingerprint density at radius 1 is 1.39 bits per heavy atom. The summed E-state index contributed by atoms with van der Waals surface area (Å²) in [6, 6.07) is 3.71. The molecule has 1 heterocycles. The zero-order valence-electron chi connectivity index (χ0n) is 11.0. The van der Waals surface area contributed by atoms with Crippen LogP contribution in [0.15, 0.2) is 16.5 Å². The van der Waals surface area contributed by atoms with Crippen molar-refractivity contribution in [3.63, 3.8) is 0 Å². The molecule has 1 amide bonds. The maximum Gasteiger partial charge on any atom is 0.232 e. The zero-order chi connectivity index (χ0) is 13.5. The average Bonchev–Trinajstić information content (AvgIpc) is 2.64. The first-order valence-electron chi connectivity index (χ1n) is 5.87. The van der Waals surface area contributed by atoms with Gasteiger partial charge in [0.25, 0.3) is 0 Å². The molecule has 1 atom stereocenters. The second-order valence-corrected chi connectivity index (χ2v) is 5.81. The summed E-state index contributed by atoms with van der Waals surface area (Å²) in [7, 11) is 0.596. The Kier molecular flexibility index (Phi) is 6.07. The van der Waals surface area contributed by atoms with E-state index in [-0.39, 0.29) is 23.5 Å². The van der Waals surface area contributed by atoms with E-state index >= 15 is 0 Å². The Hall–Kier alpha value is -1.14. The van der Waals surface area contributed by atoms with E-state index in [0.717, 1.165) is 5.76 Å². The van der Waals surface area contributed by atoms with Gasteiger partial charge in [-0.05, 0) is 33.0 Å². The molecule has 0 bridgehead atoms. The van der Waals surface area contributed by atoms with Crippen LogP contribution in [0.3, 0.4) is 0 Å². The van der Waals surface area contributed by atoms with E-state index in [1.807, 2.05) is 27.0 Å². The van der Waals surface area contributed by atoms with Crippen LogP contribution in [-0.2, 0) is 27.9 Å². The summed E-state index contributed by atoms with van der Waals surface area (Å²) in [6.45, 7) is 4.38. The Morgan fingerprint density at radius 3 is 2.67 bits per heavy atom. The number of amides is 1. The highest BCUT2D eigenvalue weighted by molar-refractivity contribution is 7.84. The molecule has 0 aliphatic heterocycles. The lowest BCUT2D eigenvalue weighted by atomic mass is 10.4. The quantitative estimate of drug-likeness (QED) is 0.769. The minimum absolute atomic E-state index is 0.0141. The third kappa shape index (κ3) is 5.46. The molecule has 0 aromatic carbocycles. The Balaban J connectivity index is 2.41. The highest BCUT2D eigenvalue weighted by Gasteiger charge is 2.11. The average molecular weight is 272 g/mol. The monoisotopic (exact) mass is 272 g/mol. The number of carbonyl (C=O) groups excluding carboxylic acids is 1. The Labute approximate surface area is 110 Å². The maximum atomic E-state index is 11.7. The number of hydrogen-bond donors (Lipinski definition) is 2. The molecule has 0 spiro atoms. The Morgan fingerprint density at radius 2 is 2.06 bits per heavy atom. The van der Waals surface area contributed by atoms with Gasteiger partial charge in [0, 0.05) is 16.8 Å². The van der Waals surface area contributed by atoms with E-state index in [0.29, 0.717) is 12.3 Å². The number of rotatable bonds is 7. The minimum atomic E-state index is -1.23. The van der Waals surface area contributed by atoms with Gasteiger partial charge in [-0.2, -0.15) is 0 Å². The largest absolute Gasteiger partial charge is 0.464 e. The minimum Gasteiger partial charge on any atom is -0.464 e. The first-order valence-corrected chi connectivity index (χ1v) is 7.36. The zero-order valence-corrected chi connectivity index (χ0v) is 11.8. The predicted molar refractivity (Wildman–Crippen MR) is 71.5 cm³/mol. The third-order valence-electron chi connectivity index (χ3n) is 2.11. The van der Waals surface area contributed by atoms with Crippen molar-refractivity contribution >= 4 is 16.7 Å². The SMILES string of the molecule is CNCc1ccc(CS(=O)CC(=O)NC(C)C)o1. The molecule has 0 radical (unpaired) electrons. The third-order valence-corrected chi connectivity index (χ3v) is 3.30. The lowest BCUT2D eigenvalue weighted by Crippen LogP contribution is -2.33. The van der Waals surface area contributed by atoms with Gasteiger partial charge in [0.05, 0.1) is 12.3 Å². The first-order chi connectivity index (χ1) is 8.51. The summed E-state index contributed by atoms with van der Waals surface area (Å²) in [5.74, 6) is 1.55. The van der Waals surface area contributed by atoms with E-state index in [9.17, 15) is 9.00 Å². The van der Waals surface area contributed by atoms with Crippen molar-refractivity contribution in [3.05, 3.63) is 23.7 Å². The summed E-state index contributed by atoms with van der Waals surface area (Å²) >= 11 is 0. The molecule has 1 aromatic heterocycles. The number of nitrogens with one attached hydrogen (secondary N) is 2. The van der Waals surface area contributed by atoms with Gasteiger partial charge < -0.3 is 15.1 Å². The summed E-state index contributed by atoms with van der Waals surface area (Å²) in [6.07, 6.45) is 0. The molecule has 2 N–H and O–H groups in total. The van der Waals surface area contributed by atoms with Crippen LogP contribution in [-0.4, -0.2) is 29.0 Å². The second-order valence-electron chi connectivity index (χ2n) is 4.35. The van der Waals surface area contributed by atoms with E-state index in [1.165, 1.54) is 0 Å². The molecule has 0 saturated carbocycles. The molecule has 18 heavy (non-hydrogen) atoms. The molecule has 1 unspecified atom stereocenters. The van der Waals surface area contributed by atoms with Crippen LogP contribution < -0.4 is 10.6 Å². The fourth-order valence-electron chi connectivity index (χ4n) is 1.49. The van der Waals surface area contributed by atoms with Gasteiger partial charge in [-0.15, -0.1) is 0 Å². The molecule has 0 aliphatic rings. The lowest BCUT2D eigenvalue weighted by molar-refractivity contribution is -0.119. The van der Waals surface area contributed by atoms with E-state index in [4.69, 9.17) is 4.42 Å². The molecule has 0 fully saturated rings. The molecular weight excluding hydrogens is 252 g/mol. The predicted octanol–water partition coefficient (Wildman–Crippen LogP) is 0.772. The number of furan rings is 1. The summed E-state index contributed by atoms with van der Waals surface area (Å²) in [4.78, 5) is 11.4. The van der Waals surface area contributed by atoms with Crippen LogP contribution in [0.5, 0.6) is 0 Å². The van der Waals surface area contributed by atoms with Crippen LogP contribution in [0.25, 0.3) is 0 Å². The molecule has 0 saturated heterocycles. The molecule has 0 aliphatic carbocycles. The number of carbonyl (C=O) groups is 1. The standard InChI is InChI=1S/C12H20N2O3S/c1-9(2)14-12(15)8-18(16)7-11-5-4-10(17-11)6-13-3/h4-5,9,13H,6-8H2,1-3H3,(H,14,15). The highest BCUT2D eigenvalue weighted by Crippen LogP contribution is 2.10. The summed E-state index contributed by atoms with van der Waals surface area (Å²) in [5, 5.41) is 5.68. The van der Waals surface area contributed by atoms with E-state index in [1.54, 1.807) is 6.07 Å². The smallest absolute Gasteiger partial charge is 0.232 e. The van der Waals surface area contributed by atoms with Crippen molar-refractivity contribution in [1.82, 2.24) is 10.6 Å². The van der Waals surface area contributed by atoms with Crippen molar-refractivity contribution in [3.8, 4) is 0 Å². The maximum absolute atomic E-state index is 11.7. The first kappa shape index (κ1) is 14.9. The van der Waals surface area contributed by atoms with Crippen LogP contribution in [0, 0.1) is 0 Å². The van der Waals surface area contributed by atoms with Gasteiger partial charge in [-0.1, -0.05) is 0 Å². The van der Waals surface area contributed by atoms with Crippen molar-refractivity contribution in [2.24, 2.45) is 0 Å². The van der Waals surface area contributed by atoms with Crippen LogP contribution in [0.2, 0.25) is 0 Å². The lowest BCUT2D eigenvalue weighted by Gasteiger charge is -2.07. The van der Waals surface area contributed by atoms with Crippen molar-refractivity contribution in [2.45, 2.75) is 32.2 Å². The highest BCUT2D eigenvalue weighted by atomic mass is 32.2. The van der Waals surface area contributed by atoms with Crippen LogP contribution in [0.4, 0.5) is 0 Å². The topological polar surface area (TPSA) is 71.3 Å². The molecule has 1 aromatic rings. The molecule has 102 valence electrons. The van der Waals surface area contributed by atoms with Gasteiger partial charge >= 0.3 is 0 Å². The molecular formula is C12H20N2O3S. The van der Waals surface area contributed by atoms with E-state index < -0.39 is 10.8 Å². The van der Waals surface area contributed by atoms with Gasteiger partial charge in [-0.3, -0.25) is 9.00 Å².